The van der Waals surface area contributed by atoms with E-state index in [1.54, 1.807) is 6.26 Å². The van der Waals surface area contributed by atoms with Gasteiger partial charge in [0.2, 0.25) is 0 Å². The highest BCUT2D eigenvalue weighted by Gasteiger charge is 2.28. The Morgan fingerprint density at radius 2 is 2.00 bits per heavy atom. The molecule has 2 fully saturated rings. The van der Waals surface area contributed by atoms with Gasteiger partial charge in [0, 0.05) is 23.4 Å². The lowest BCUT2D eigenvalue weighted by atomic mass is 9.82. The Hall–Kier alpha value is -0.500. The van der Waals surface area contributed by atoms with Gasteiger partial charge in [-0.15, -0.1) is 0 Å². The molecule has 152 valence electrons. The number of nitrogens with one attached hydrogen (secondary N) is 2. The van der Waals surface area contributed by atoms with E-state index in [0.29, 0.717) is 31.4 Å². The van der Waals surface area contributed by atoms with Crippen molar-refractivity contribution in [2.75, 3.05) is 26.1 Å². The minimum absolute atomic E-state index is 0.272. The van der Waals surface area contributed by atoms with Gasteiger partial charge < -0.3 is 10.1 Å². The zero-order valence-electron chi connectivity index (χ0n) is 16.0. The van der Waals surface area contributed by atoms with E-state index in [0.717, 1.165) is 50.1 Å². The summed E-state index contributed by atoms with van der Waals surface area (Å²) >= 11 is 5.12. The molecule has 1 unspecified atom stereocenters. The molecule has 0 radical (unpaired) electrons. The number of hydrogen-bond donors (Lipinski definition) is 2. The van der Waals surface area contributed by atoms with E-state index in [1.165, 1.54) is 5.56 Å². The molecule has 1 aliphatic heterocycles. The number of halogens is 1. The summed E-state index contributed by atoms with van der Waals surface area (Å²) in [5, 5.41) is 7.79. The lowest BCUT2D eigenvalue weighted by molar-refractivity contribution is 0.00264. The molecule has 3 rings (SSSR count). The Labute approximate surface area is 170 Å². The van der Waals surface area contributed by atoms with Crippen LogP contribution in [-0.2, 0) is 20.0 Å². The van der Waals surface area contributed by atoms with Crippen LogP contribution in [0.2, 0.25) is 5.02 Å². The van der Waals surface area contributed by atoms with Gasteiger partial charge in [-0.25, -0.2) is 4.21 Å². The van der Waals surface area contributed by atoms with Crippen LogP contribution in [0, 0.1) is 0 Å². The van der Waals surface area contributed by atoms with E-state index in [1.807, 2.05) is 12.1 Å². The molecular weight excluding hydrogens is 384 g/mol. The number of ether oxygens (including phenoxy) is 1. The van der Waals surface area contributed by atoms with Crippen LogP contribution in [0.15, 0.2) is 24.3 Å². The Bertz CT molecular complexity index is 611. The van der Waals surface area contributed by atoms with Crippen molar-refractivity contribution in [3.05, 3.63) is 34.9 Å². The molecule has 3 atom stereocenters. The fourth-order valence-electron chi connectivity index (χ4n) is 4.18. The zero-order chi connectivity index (χ0) is 19.1. The Morgan fingerprint density at radius 3 is 2.74 bits per heavy atom. The average molecular weight is 415 g/mol. The van der Waals surface area contributed by atoms with Gasteiger partial charge in [0.05, 0.1) is 12.7 Å². The summed E-state index contributed by atoms with van der Waals surface area (Å²) in [4.78, 5) is 0. The van der Waals surface area contributed by atoms with E-state index in [9.17, 15) is 4.21 Å². The summed E-state index contributed by atoms with van der Waals surface area (Å²) in [6.07, 6.45) is 8.51. The predicted octanol–water partition coefficient (Wildman–Crippen LogP) is 3.36. The highest BCUT2D eigenvalue weighted by molar-refractivity contribution is 7.79. The second-order valence-corrected chi connectivity index (χ2v) is 8.95. The van der Waals surface area contributed by atoms with Crippen LogP contribution in [0.5, 0.6) is 0 Å². The number of piperidine rings is 1. The molecular formula is C20H31ClN2O3S. The molecule has 1 aliphatic carbocycles. The maximum Gasteiger partial charge on any atom is 0.153 e. The third kappa shape index (κ3) is 6.51. The summed E-state index contributed by atoms with van der Waals surface area (Å²) < 4.78 is 22.4. The first-order chi connectivity index (χ1) is 13.1. The van der Waals surface area contributed by atoms with Crippen LogP contribution in [0.4, 0.5) is 0 Å². The SMILES string of the molecule is CS(=O)OCN[C@H]1CCCN[C@H]1COC1CCC(c2ccccc2Cl)CC1. The number of hydrogen-bond acceptors (Lipinski definition) is 5. The van der Waals surface area contributed by atoms with Gasteiger partial charge in [-0.1, -0.05) is 29.8 Å². The van der Waals surface area contributed by atoms with Crippen LogP contribution >= 0.6 is 11.6 Å². The fraction of sp³-hybridized carbons (Fsp3) is 0.700. The first-order valence-corrected chi connectivity index (χ1v) is 11.8. The standard InChI is InChI=1S/C20H31ClN2O3S/c1-27(24)26-14-23-19-7-4-12-22-20(19)13-25-16-10-8-15(9-11-16)17-5-2-3-6-18(17)21/h2-3,5-6,15-16,19-20,22-23H,4,7-14H2,1H3/t15?,16?,19-,20-,27?/m0/s1. The van der Waals surface area contributed by atoms with Gasteiger partial charge in [-0.2, -0.15) is 0 Å². The third-order valence-corrected chi connectivity index (χ3v) is 6.48. The molecule has 1 heterocycles. The second kappa shape index (κ2) is 10.9. The maximum absolute atomic E-state index is 11.0. The van der Waals surface area contributed by atoms with Crippen molar-refractivity contribution < 1.29 is 13.1 Å². The molecule has 1 saturated heterocycles. The lowest BCUT2D eigenvalue weighted by Crippen LogP contribution is -2.54. The second-order valence-electron chi connectivity index (χ2n) is 7.51. The molecule has 0 spiro atoms. The molecule has 0 aromatic heterocycles. The molecule has 2 N–H and O–H groups in total. The van der Waals surface area contributed by atoms with Crippen molar-refractivity contribution in [1.82, 2.24) is 10.6 Å². The predicted molar refractivity (Wildman–Crippen MR) is 110 cm³/mol. The topological polar surface area (TPSA) is 59.6 Å². The molecule has 1 aromatic rings. The monoisotopic (exact) mass is 414 g/mol. The lowest BCUT2D eigenvalue weighted by Gasteiger charge is -2.35. The highest BCUT2D eigenvalue weighted by atomic mass is 35.5. The van der Waals surface area contributed by atoms with Crippen molar-refractivity contribution >= 4 is 22.7 Å². The van der Waals surface area contributed by atoms with Crippen LogP contribution < -0.4 is 10.6 Å². The third-order valence-electron chi connectivity index (χ3n) is 5.69. The molecule has 7 heteroatoms. The van der Waals surface area contributed by atoms with Crippen LogP contribution in [0.25, 0.3) is 0 Å². The summed E-state index contributed by atoms with van der Waals surface area (Å²) in [6, 6.07) is 8.77. The van der Waals surface area contributed by atoms with Crippen molar-refractivity contribution in [3.8, 4) is 0 Å². The first kappa shape index (κ1) is 21.2. The highest BCUT2D eigenvalue weighted by Crippen LogP contribution is 2.37. The van der Waals surface area contributed by atoms with Crippen LogP contribution in [0.3, 0.4) is 0 Å². The van der Waals surface area contributed by atoms with Crippen molar-refractivity contribution in [3.63, 3.8) is 0 Å². The van der Waals surface area contributed by atoms with E-state index < -0.39 is 11.1 Å². The van der Waals surface area contributed by atoms with E-state index in [-0.39, 0.29) is 6.04 Å². The molecule has 1 saturated carbocycles. The zero-order valence-corrected chi connectivity index (χ0v) is 17.6. The van der Waals surface area contributed by atoms with E-state index in [2.05, 4.69) is 22.8 Å². The molecule has 2 aliphatic rings. The smallest absolute Gasteiger partial charge is 0.153 e. The van der Waals surface area contributed by atoms with Crippen LogP contribution in [-0.4, -0.2) is 48.5 Å². The quantitative estimate of drug-likeness (QED) is 0.639. The van der Waals surface area contributed by atoms with Gasteiger partial charge in [-0.3, -0.25) is 9.50 Å². The largest absolute Gasteiger partial charge is 0.377 e. The number of rotatable bonds is 8. The van der Waals surface area contributed by atoms with E-state index in [4.69, 9.17) is 20.5 Å². The molecule has 0 amide bonds. The van der Waals surface area contributed by atoms with Crippen molar-refractivity contribution in [2.24, 2.45) is 0 Å². The molecule has 0 bridgehead atoms. The first-order valence-electron chi connectivity index (χ1n) is 9.93. The van der Waals surface area contributed by atoms with Crippen LogP contribution in [0.1, 0.15) is 50.0 Å². The molecule has 1 aromatic carbocycles. The molecule has 27 heavy (non-hydrogen) atoms. The Kier molecular flexibility index (Phi) is 8.55. The van der Waals surface area contributed by atoms with Gasteiger partial charge >= 0.3 is 0 Å². The normalized spacial score (nSPS) is 30.1. The maximum atomic E-state index is 11.0. The fourth-order valence-corrected chi connectivity index (χ4v) is 4.71. The minimum atomic E-state index is -1.23. The van der Waals surface area contributed by atoms with E-state index >= 15 is 0 Å². The van der Waals surface area contributed by atoms with Gasteiger partial charge in [0.15, 0.2) is 11.1 Å². The number of benzene rings is 1. The Morgan fingerprint density at radius 1 is 1.22 bits per heavy atom. The van der Waals surface area contributed by atoms with Crippen molar-refractivity contribution in [1.29, 1.82) is 0 Å². The summed E-state index contributed by atoms with van der Waals surface area (Å²) in [5.41, 5.74) is 1.28. The molecule has 5 nitrogen and oxygen atoms in total. The van der Waals surface area contributed by atoms with Crippen molar-refractivity contribution in [2.45, 2.75) is 62.6 Å². The van der Waals surface area contributed by atoms with Gasteiger partial charge in [-0.05, 0) is 62.6 Å². The summed E-state index contributed by atoms with van der Waals surface area (Å²) in [6.45, 7) is 2.04. The minimum Gasteiger partial charge on any atom is -0.377 e. The summed E-state index contributed by atoms with van der Waals surface area (Å²) in [7, 11) is 0. The van der Waals surface area contributed by atoms with Gasteiger partial charge in [0.1, 0.15) is 6.73 Å². The summed E-state index contributed by atoms with van der Waals surface area (Å²) in [5.74, 6) is 0.549. The average Bonchev–Trinajstić information content (AvgIpc) is 2.68. The van der Waals surface area contributed by atoms with Gasteiger partial charge in [0.25, 0.3) is 0 Å². The Balaban J connectivity index is 1.42.